The van der Waals surface area contributed by atoms with Crippen LogP contribution in [0.25, 0.3) is 10.9 Å². The van der Waals surface area contributed by atoms with E-state index in [4.69, 9.17) is 9.47 Å². The van der Waals surface area contributed by atoms with Crippen molar-refractivity contribution in [3.05, 3.63) is 65.4 Å². The number of pyridine rings is 1. The molecule has 5 nitrogen and oxygen atoms in total. The normalized spacial score (nSPS) is 10.6. The van der Waals surface area contributed by atoms with Crippen LogP contribution in [-0.4, -0.2) is 31.7 Å². The molecule has 0 unspecified atom stereocenters. The topological polar surface area (TPSA) is 60.5 Å². The van der Waals surface area contributed by atoms with Gasteiger partial charge < -0.3 is 14.8 Å². The molecule has 0 saturated carbocycles. The minimum atomic E-state index is -0.110. The summed E-state index contributed by atoms with van der Waals surface area (Å²) in [7, 11) is 3.27. The van der Waals surface area contributed by atoms with Crippen LogP contribution in [0.3, 0.4) is 0 Å². The van der Waals surface area contributed by atoms with Crippen LogP contribution in [-0.2, 0) is 6.42 Å². The second-order valence-electron chi connectivity index (χ2n) is 6.03. The number of amides is 1. The van der Waals surface area contributed by atoms with E-state index in [1.165, 1.54) is 0 Å². The largest absolute Gasteiger partial charge is 0.497 e. The predicted molar refractivity (Wildman–Crippen MR) is 102 cm³/mol. The maximum Gasteiger partial charge on any atom is 0.253 e. The number of rotatable bonds is 6. The summed E-state index contributed by atoms with van der Waals surface area (Å²) in [5, 5.41) is 3.88. The number of carbonyl (C=O) groups is 1. The van der Waals surface area contributed by atoms with Crippen molar-refractivity contribution in [3.63, 3.8) is 0 Å². The van der Waals surface area contributed by atoms with Crippen LogP contribution in [0.4, 0.5) is 0 Å². The Morgan fingerprint density at radius 3 is 2.38 bits per heavy atom. The lowest BCUT2D eigenvalue weighted by atomic mass is 10.1. The molecule has 26 heavy (non-hydrogen) atoms. The van der Waals surface area contributed by atoms with E-state index in [9.17, 15) is 4.79 Å². The molecule has 3 rings (SSSR count). The maximum atomic E-state index is 12.5. The van der Waals surface area contributed by atoms with Gasteiger partial charge in [0, 0.05) is 18.0 Å². The highest BCUT2D eigenvalue weighted by Gasteiger charge is 2.12. The van der Waals surface area contributed by atoms with Crippen molar-refractivity contribution >= 4 is 16.8 Å². The molecule has 1 aromatic heterocycles. The molecule has 2 aromatic carbocycles. The lowest BCUT2D eigenvalue weighted by Crippen LogP contribution is -2.26. The number of benzene rings is 2. The van der Waals surface area contributed by atoms with E-state index in [0.29, 0.717) is 17.8 Å². The Kier molecular flexibility index (Phi) is 5.37. The number of nitrogens with one attached hydrogen (secondary N) is 1. The van der Waals surface area contributed by atoms with Gasteiger partial charge in [-0.3, -0.25) is 9.78 Å². The average molecular weight is 350 g/mol. The molecule has 1 amide bonds. The first kappa shape index (κ1) is 17.7. The number of methoxy groups -OCH3 is 2. The quantitative estimate of drug-likeness (QED) is 0.739. The molecular weight excluding hydrogens is 328 g/mol. The molecule has 1 N–H and O–H groups in total. The van der Waals surface area contributed by atoms with Crippen LogP contribution in [0.1, 0.15) is 21.6 Å². The molecule has 0 aliphatic rings. The molecule has 0 atom stereocenters. The van der Waals surface area contributed by atoms with E-state index >= 15 is 0 Å². The minimum absolute atomic E-state index is 0.110. The number of fused-ring (bicyclic) bond motifs is 1. The maximum absolute atomic E-state index is 12.5. The number of aryl methyl sites for hydroxylation is 1. The summed E-state index contributed by atoms with van der Waals surface area (Å²) >= 11 is 0. The van der Waals surface area contributed by atoms with Gasteiger partial charge in [0.2, 0.25) is 0 Å². The molecule has 0 bridgehead atoms. The van der Waals surface area contributed by atoms with Gasteiger partial charge in [-0.25, -0.2) is 0 Å². The summed E-state index contributed by atoms with van der Waals surface area (Å²) in [6.45, 7) is 2.41. The second-order valence-corrected chi connectivity index (χ2v) is 6.03. The number of nitrogens with zero attached hydrogens (tertiary/aromatic N) is 1. The fourth-order valence-electron chi connectivity index (χ4n) is 2.81. The van der Waals surface area contributed by atoms with Crippen LogP contribution >= 0.6 is 0 Å². The Balaban J connectivity index is 1.67. The third kappa shape index (κ3) is 3.94. The van der Waals surface area contributed by atoms with Crippen LogP contribution in [0.2, 0.25) is 0 Å². The van der Waals surface area contributed by atoms with Gasteiger partial charge in [-0.2, -0.15) is 0 Å². The highest BCUT2D eigenvalue weighted by atomic mass is 16.5. The molecule has 0 aliphatic carbocycles. The molecule has 134 valence electrons. The number of hydrogen-bond donors (Lipinski definition) is 1. The lowest BCUT2D eigenvalue weighted by Gasteiger charge is -2.10. The van der Waals surface area contributed by atoms with Crippen LogP contribution in [0, 0.1) is 6.92 Å². The highest BCUT2D eigenvalue weighted by Crippen LogP contribution is 2.21. The van der Waals surface area contributed by atoms with Crippen LogP contribution in [0.5, 0.6) is 11.5 Å². The molecule has 0 saturated heterocycles. The first-order valence-corrected chi connectivity index (χ1v) is 8.47. The molecule has 5 heteroatoms. The summed E-state index contributed by atoms with van der Waals surface area (Å²) in [6, 6.07) is 15.4. The van der Waals surface area contributed by atoms with Gasteiger partial charge in [0.25, 0.3) is 5.91 Å². The van der Waals surface area contributed by atoms with Crippen molar-refractivity contribution in [2.75, 3.05) is 20.8 Å². The molecular formula is C21H22N2O3. The van der Waals surface area contributed by atoms with E-state index in [2.05, 4.69) is 10.3 Å². The molecule has 0 aliphatic heterocycles. The predicted octanol–water partition coefficient (Wildman–Crippen LogP) is 3.53. The van der Waals surface area contributed by atoms with Gasteiger partial charge in [0.05, 0.1) is 31.0 Å². The van der Waals surface area contributed by atoms with Crippen molar-refractivity contribution in [3.8, 4) is 11.5 Å². The van der Waals surface area contributed by atoms with Gasteiger partial charge in [0.15, 0.2) is 0 Å². The molecule has 3 aromatic rings. The Bertz CT molecular complexity index is 920. The van der Waals surface area contributed by atoms with Crippen LogP contribution in [0.15, 0.2) is 48.5 Å². The Morgan fingerprint density at radius 2 is 1.69 bits per heavy atom. The van der Waals surface area contributed by atoms with E-state index < -0.39 is 0 Å². The molecule has 1 heterocycles. The number of carbonyl (C=O) groups excluding carboxylic acids is 1. The zero-order valence-electron chi connectivity index (χ0n) is 15.2. The minimum Gasteiger partial charge on any atom is -0.497 e. The summed E-state index contributed by atoms with van der Waals surface area (Å²) < 4.78 is 10.4. The van der Waals surface area contributed by atoms with Gasteiger partial charge in [-0.15, -0.1) is 0 Å². The fraction of sp³-hybridized carbons (Fsp3) is 0.238. The average Bonchev–Trinajstić information content (AvgIpc) is 2.67. The monoisotopic (exact) mass is 350 g/mol. The zero-order chi connectivity index (χ0) is 18.5. The lowest BCUT2D eigenvalue weighted by molar-refractivity contribution is 0.0953. The fourth-order valence-corrected chi connectivity index (χ4v) is 2.81. The summed E-state index contributed by atoms with van der Waals surface area (Å²) in [4.78, 5) is 17.1. The first-order chi connectivity index (χ1) is 12.6. The van der Waals surface area contributed by atoms with Gasteiger partial charge in [-0.1, -0.05) is 12.1 Å². The number of ether oxygens (including phenoxy) is 2. The van der Waals surface area contributed by atoms with Gasteiger partial charge >= 0.3 is 0 Å². The zero-order valence-corrected chi connectivity index (χ0v) is 15.2. The third-order valence-corrected chi connectivity index (χ3v) is 4.32. The van der Waals surface area contributed by atoms with Crippen LogP contribution < -0.4 is 14.8 Å². The van der Waals surface area contributed by atoms with E-state index in [1.807, 2.05) is 55.5 Å². The van der Waals surface area contributed by atoms with Crippen molar-refractivity contribution < 1.29 is 14.3 Å². The highest BCUT2D eigenvalue weighted by molar-refractivity contribution is 5.98. The summed E-state index contributed by atoms with van der Waals surface area (Å²) in [5.74, 6) is 1.47. The number of aromatic nitrogens is 1. The molecule has 0 fully saturated rings. The SMILES string of the molecule is COc1ccc(CCNC(=O)c2cc3ccc(OC)cc3nc2C)cc1. The van der Waals surface area contributed by atoms with Gasteiger partial charge in [0.1, 0.15) is 11.5 Å². The Hall–Kier alpha value is -3.08. The second kappa shape index (κ2) is 7.87. The Labute approximate surface area is 153 Å². The van der Waals surface area contributed by atoms with Crippen molar-refractivity contribution in [1.82, 2.24) is 10.3 Å². The van der Waals surface area contributed by atoms with Gasteiger partial charge in [-0.05, 0) is 49.2 Å². The standard InChI is InChI=1S/C21H22N2O3/c1-14-19(12-16-6-9-18(26-3)13-20(16)23-14)21(24)22-11-10-15-4-7-17(25-2)8-5-15/h4-9,12-13H,10-11H2,1-3H3,(H,22,24). The smallest absolute Gasteiger partial charge is 0.253 e. The van der Waals surface area contributed by atoms with Crippen molar-refractivity contribution in [1.29, 1.82) is 0 Å². The summed E-state index contributed by atoms with van der Waals surface area (Å²) in [5.41, 5.74) is 3.26. The van der Waals surface area contributed by atoms with E-state index in [1.54, 1.807) is 14.2 Å². The molecule has 0 radical (unpaired) electrons. The van der Waals surface area contributed by atoms with Crippen molar-refractivity contribution in [2.45, 2.75) is 13.3 Å². The number of hydrogen-bond acceptors (Lipinski definition) is 4. The third-order valence-electron chi connectivity index (χ3n) is 4.32. The Morgan fingerprint density at radius 1 is 1.00 bits per heavy atom. The first-order valence-electron chi connectivity index (χ1n) is 8.47. The van der Waals surface area contributed by atoms with E-state index in [0.717, 1.165) is 34.4 Å². The van der Waals surface area contributed by atoms with Crippen molar-refractivity contribution in [2.24, 2.45) is 0 Å². The van der Waals surface area contributed by atoms with E-state index in [-0.39, 0.29) is 5.91 Å². The summed E-state index contributed by atoms with van der Waals surface area (Å²) in [6.07, 6.45) is 0.757. The molecule has 0 spiro atoms.